The summed E-state index contributed by atoms with van der Waals surface area (Å²) in [7, 11) is -1.02. The number of carboxylic acid groups (broad SMARTS) is 1. The quantitative estimate of drug-likeness (QED) is 0.833. The van der Waals surface area contributed by atoms with Crippen molar-refractivity contribution in [3.8, 4) is 0 Å². The molecule has 1 rings (SSSR count). The first kappa shape index (κ1) is 13.0. The molecule has 0 spiro atoms. The van der Waals surface area contributed by atoms with Crippen molar-refractivity contribution in [2.45, 2.75) is 26.0 Å². The molecule has 1 heterocycles. The second kappa shape index (κ2) is 5.84. The van der Waals surface area contributed by atoms with Gasteiger partial charge in [-0.05, 0) is 18.4 Å². The Bertz CT molecular complexity index is 381. The van der Waals surface area contributed by atoms with Crippen LogP contribution < -0.4 is 0 Å². The van der Waals surface area contributed by atoms with Crippen molar-refractivity contribution in [3.05, 3.63) is 23.7 Å². The molecule has 5 heteroatoms. The van der Waals surface area contributed by atoms with Gasteiger partial charge in [-0.1, -0.05) is 13.8 Å². The van der Waals surface area contributed by atoms with Crippen LogP contribution >= 0.6 is 0 Å². The molecule has 1 unspecified atom stereocenters. The van der Waals surface area contributed by atoms with Gasteiger partial charge in [-0.15, -0.1) is 0 Å². The van der Waals surface area contributed by atoms with E-state index in [0.717, 1.165) is 6.42 Å². The maximum Gasteiger partial charge on any atom is 0.372 e. The molecule has 1 aromatic rings. The van der Waals surface area contributed by atoms with E-state index < -0.39 is 16.8 Å². The molecule has 0 aliphatic heterocycles. The summed E-state index contributed by atoms with van der Waals surface area (Å²) >= 11 is 0. The largest absolute Gasteiger partial charge is 0.475 e. The summed E-state index contributed by atoms with van der Waals surface area (Å²) in [6.45, 7) is 4.13. The number of furan rings is 1. The second-order valence-corrected chi connectivity index (χ2v) is 5.63. The summed E-state index contributed by atoms with van der Waals surface area (Å²) in [5, 5.41) is 8.79. The van der Waals surface area contributed by atoms with Gasteiger partial charge in [0.05, 0.1) is 12.0 Å². The number of carbonyl (C=O) groups is 1. The molecule has 90 valence electrons. The Morgan fingerprint density at radius 3 is 2.81 bits per heavy atom. The van der Waals surface area contributed by atoms with Crippen LogP contribution in [-0.4, -0.2) is 21.0 Å². The van der Waals surface area contributed by atoms with Crippen LogP contribution in [0.2, 0.25) is 0 Å². The molecule has 16 heavy (non-hydrogen) atoms. The predicted molar refractivity (Wildman–Crippen MR) is 61.8 cm³/mol. The maximum atomic E-state index is 11.7. The average molecular weight is 244 g/mol. The lowest BCUT2D eigenvalue weighted by atomic mass is 10.2. The Balaban J connectivity index is 2.56. The van der Waals surface area contributed by atoms with Gasteiger partial charge >= 0.3 is 5.97 Å². The summed E-state index contributed by atoms with van der Waals surface area (Å²) in [4.78, 5) is 10.7. The first-order chi connectivity index (χ1) is 7.50. The highest BCUT2D eigenvalue weighted by Crippen LogP contribution is 2.14. The van der Waals surface area contributed by atoms with Gasteiger partial charge in [0.2, 0.25) is 5.76 Å². The van der Waals surface area contributed by atoms with Crippen LogP contribution in [0.1, 0.15) is 36.4 Å². The van der Waals surface area contributed by atoms with Crippen molar-refractivity contribution < 1.29 is 18.5 Å². The Hall–Kier alpha value is -1.10. The van der Waals surface area contributed by atoms with Crippen LogP contribution in [0.3, 0.4) is 0 Å². The first-order valence-electron chi connectivity index (χ1n) is 5.15. The van der Waals surface area contributed by atoms with Gasteiger partial charge in [0.1, 0.15) is 0 Å². The molecule has 0 amide bonds. The zero-order chi connectivity index (χ0) is 12.1. The number of hydrogen-bond donors (Lipinski definition) is 1. The maximum absolute atomic E-state index is 11.7. The first-order valence-corrected chi connectivity index (χ1v) is 6.64. The van der Waals surface area contributed by atoms with Crippen LogP contribution in [0.5, 0.6) is 0 Å². The highest BCUT2D eigenvalue weighted by Gasteiger charge is 2.15. The lowest BCUT2D eigenvalue weighted by Gasteiger charge is -2.04. The molecule has 4 nitrogen and oxygen atoms in total. The number of hydrogen-bond acceptors (Lipinski definition) is 3. The van der Waals surface area contributed by atoms with Crippen LogP contribution in [0.15, 0.2) is 16.7 Å². The molecule has 1 atom stereocenters. The van der Waals surface area contributed by atoms with E-state index in [1.807, 2.05) is 0 Å². The van der Waals surface area contributed by atoms with Crippen LogP contribution in [-0.2, 0) is 16.6 Å². The van der Waals surface area contributed by atoms with Gasteiger partial charge in [0, 0.05) is 22.1 Å². The lowest BCUT2D eigenvalue weighted by Crippen LogP contribution is -2.06. The second-order valence-electron chi connectivity index (χ2n) is 4.05. The van der Waals surface area contributed by atoms with Gasteiger partial charge in [-0.2, -0.15) is 0 Å². The van der Waals surface area contributed by atoms with Crippen LogP contribution in [0, 0.1) is 5.92 Å². The normalized spacial score (nSPS) is 12.9. The lowest BCUT2D eigenvalue weighted by molar-refractivity contribution is 0.0661. The molecular formula is C11H16O4S. The standard InChI is InChI=1S/C11H16O4S/c1-8(2)4-6-16(14)7-9-3-5-15-10(9)11(12)13/h3,5,8H,4,6-7H2,1-2H3,(H,12,13). The highest BCUT2D eigenvalue weighted by molar-refractivity contribution is 7.84. The molecule has 0 saturated heterocycles. The Kier molecular flexibility index (Phi) is 4.73. The third-order valence-corrected chi connectivity index (χ3v) is 3.50. The molecule has 0 bridgehead atoms. The summed E-state index contributed by atoms with van der Waals surface area (Å²) in [6.07, 6.45) is 2.20. The van der Waals surface area contributed by atoms with Crippen LogP contribution in [0.25, 0.3) is 0 Å². The third kappa shape index (κ3) is 3.81. The number of rotatable bonds is 6. The zero-order valence-corrected chi connectivity index (χ0v) is 10.3. The molecule has 0 fully saturated rings. The SMILES string of the molecule is CC(C)CCS(=O)Cc1ccoc1C(=O)O. The number of aromatic carboxylic acids is 1. The Morgan fingerprint density at radius 2 is 2.25 bits per heavy atom. The van der Waals surface area contributed by atoms with Crippen molar-refractivity contribution in [1.29, 1.82) is 0 Å². The van der Waals surface area contributed by atoms with Gasteiger partial charge < -0.3 is 9.52 Å². The molecule has 0 radical (unpaired) electrons. The van der Waals surface area contributed by atoms with Gasteiger partial charge in [-0.3, -0.25) is 4.21 Å². The van der Waals surface area contributed by atoms with E-state index in [-0.39, 0.29) is 11.5 Å². The van der Waals surface area contributed by atoms with E-state index in [4.69, 9.17) is 9.52 Å². The molecule has 0 aromatic carbocycles. The fraction of sp³-hybridized carbons (Fsp3) is 0.545. The van der Waals surface area contributed by atoms with Gasteiger partial charge in [0.25, 0.3) is 0 Å². The third-order valence-electron chi connectivity index (χ3n) is 2.18. The molecule has 0 saturated carbocycles. The van der Waals surface area contributed by atoms with E-state index in [1.54, 1.807) is 6.07 Å². The van der Waals surface area contributed by atoms with E-state index in [0.29, 0.717) is 17.2 Å². The van der Waals surface area contributed by atoms with Crippen molar-refractivity contribution in [1.82, 2.24) is 0 Å². The molecule has 1 aromatic heterocycles. The predicted octanol–water partition coefficient (Wildman–Crippen LogP) is 2.27. The summed E-state index contributed by atoms with van der Waals surface area (Å²) < 4.78 is 16.5. The fourth-order valence-corrected chi connectivity index (χ4v) is 2.70. The molecular weight excluding hydrogens is 228 g/mol. The zero-order valence-electron chi connectivity index (χ0n) is 9.43. The van der Waals surface area contributed by atoms with Crippen molar-refractivity contribution in [2.24, 2.45) is 5.92 Å². The summed E-state index contributed by atoms with van der Waals surface area (Å²) in [6, 6.07) is 1.57. The smallest absolute Gasteiger partial charge is 0.372 e. The summed E-state index contributed by atoms with van der Waals surface area (Å²) in [5.74, 6) is 0.151. The average Bonchev–Trinajstić information content (AvgIpc) is 2.62. The van der Waals surface area contributed by atoms with E-state index in [2.05, 4.69) is 13.8 Å². The minimum atomic E-state index is -1.11. The van der Waals surface area contributed by atoms with E-state index >= 15 is 0 Å². The Labute approximate surface area is 97.1 Å². The Morgan fingerprint density at radius 1 is 1.56 bits per heavy atom. The topological polar surface area (TPSA) is 67.5 Å². The molecule has 1 N–H and O–H groups in total. The highest BCUT2D eigenvalue weighted by atomic mass is 32.2. The number of carboxylic acids is 1. The van der Waals surface area contributed by atoms with Crippen LogP contribution in [0.4, 0.5) is 0 Å². The van der Waals surface area contributed by atoms with Crippen molar-refractivity contribution >= 4 is 16.8 Å². The molecule has 0 aliphatic rings. The van der Waals surface area contributed by atoms with Gasteiger partial charge in [0.15, 0.2) is 0 Å². The van der Waals surface area contributed by atoms with Crippen molar-refractivity contribution in [2.75, 3.05) is 5.75 Å². The minimum Gasteiger partial charge on any atom is -0.475 e. The fourth-order valence-electron chi connectivity index (χ4n) is 1.25. The van der Waals surface area contributed by atoms with E-state index in [1.165, 1.54) is 6.26 Å². The van der Waals surface area contributed by atoms with Crippen molar-refractivity contribution in [3.63, 3.8) is 0 Å². The molecule has 0 aliphatic carbocycles. The minimum absolute atomic E-state index is 0.0992. The monoisotopic (exact) mass is 244 g/mol. The van der Waals surface area contributed by atoms with Gasteiger partial charge in [-0.25, -0.2) is 4.79 Å². The summed E-state index contributed by atoms with van der Waals surface area (Å²) in [5.41, 5.74) is 0.509. The van der Waals surface area contributed by atoms with E-state index in [9.17, 15) is 9.00 Å².